The molecule has 0 aromatic heterocycles. The first-order valence-corrected chi connectivity index (χ1v) is 8.92. The Morgan fingerprint density at radius 2 is 1.79 bits per heavy atom. The first kappa shape index (κ1) is 17.0. The lowest BCUT2D eigenvalue weighted by molar-refractivity contribution is -0.113. The lowest BCUT2D eigenvalue weighted by Crippen LogP contribution is -2.27. The van der Waals surface area contributed by atoms with Gasteiger partial charge in [-0.1, -0.05) is 72.0 Å². The summed E-state index contributed by atoms with van der Waals surface area (Å²) in [7, 11) is 0. The Morgan fingerprint density at radius 1 is 1.12 bits per heavy atom. The van der Waals surface area contributed by atoms with Crippen molar-refractivity contribution in [1.29, 1.82) is 0 Å². The van der Waals surface area contributed by atoms with Crippen LogP contribution in [0.15, 0.2) is 71.2 Å². The Balaban J connectivity index is 1.85. The fraction of sp³-hybridized carbons (Fsp3) is 0.0526. The maximum Gasteiger partial charge on any atom is 0.270 e. The molecule has 2 aromatic rings. The minimum atomic E-state index is -0.104. The number of hydrogen-bond acceptors (Lipinski definition) is 3. The molecule has 2 aromatic carbocycles. The Morgan fingerprint density at radius 3 is 2.46 bits per heavy atom. The highest BCUT2D eigenvalue weighted by Gasteiger charge is 2.33. The zero-order valence-electron chi connectivity index (χ0n) is 12.9. The molecule has 2 nitrogen and oxygen atoms in total. The molecule has 1 aliphatic rings. The van der Waals surface area contributed by atoms with E-state index in [0.29, 0.717) is 14.2 Å². The summed E-state index contributed by atoms with van der Waals surface area (Å²) in [6.45, 7) is 1.97. The minimum Gasteiger partial charge on any atom is -0.268 e. The van der Waals surface area contributed by atoms with E-state index in [1.807, 2.05) is 49.4 Å². The average Bonchev–Trinajstić information content (AvgIpc) is 2.83. The van der Waals surface area contributed by atoms with Gasteiger partial charge in [0.2, 0.25) is 0 Å². The monoisotopic (exact) mass is 371 g/mol. The summed E-state index contributed by atoms with van der Waals surface area (Å²) in [4.78, 5) is 14.8. The number of carbonyl (C=O) groups excluding carboxylic acids is 1. The molecule has 0 N–H and O–H groups in total. The molecule has 0 atom stereocenters. The fourth-order valence-electron chi connectivity index (χ4n) is 2.34. The summed E-state index contributed by atoms with van der Waals surface area (Å²) < 4.78 is 0.529. The first-order valence-electron chi connectivity index (χ1n) is 7.31. The van der Waals surface area contributed by atoms with Crippen LogP contribution in [-0.2, 0) is 4.79 Å². The van der Waals surface area contributed by atoms with Gasteiger partial charge in [0, 0.05) is 5.02 Å². The highest BCUT2D eigenvalue weighted by atomic mass is 35.5. The van der Waals surface area contributed by atoms with E-state index in [-0.39, 0.29) is 5.91 Å². The second kappa shape index (κ2) is 7.34. The van der Waals surface area contributed by atoms with E-state index < -0.39 is 0 Å². The van der Waals surface area contributed by atoms with Gasteiger partial charge in [-0.2, -0.15) is 0 Å². The molecular formula is C19H14ClNOS2. The van der Waals surface area contributed by atoms with Crippen molar-refractivity contribution in [2.45, 2.75) is 6.92 Å². The summed E-state index contributed by atoms with van der Waals surface area (Å²) in [5.74, 6) is -0.104. The molecule has 0 bridgehead atoms. The van der Waals surface area contributed by atoms with Crippen LogP contribution in [0.4, 0.5) is 5.69 Å². The SMILES string of the molecule is CC(=C/c1ccccc1)/C=C1/SC(=S)N(c2ccc(Cl)cc2)C1=O. The molecule has 1 amide bonds. The number of benzene rings is 2. The van der Waals surface area contributed by atoms with Gasteiger partial charge >= 0.3 is 0 Å². The number of halogens is 1. The van der Waals surface area contributed by atoms with Crippen LogP contribution in [0.25, 0.3) is 6.08 Å². The minimum absolute atomic E-state index is 0.104. The normalized spacial score (nSPS) is 17.0. The molecule has 1 saturated heterocycles. The predicted molar refractivity (Wildman–Crippen MR) is 107 cm³/mol. The van der Waals surface area contributed by atoms with Gasteiger partial charge in [-0.05, 0) is 48.4 Å². The molecular weight excluding hydrogens is 358 g/mol. The van der Waals surface area contributed by atoms with Crippen molar-refractivity contribution in [2.24, 2.45) is 0 Å². The smallest absolute Gasteiger partial charge is 0.268 e. The lowest BCUT2D eigenvalue weighted by Gasteiger charge is -2.14. The van der Waals surface area contributed by atoms with Crippen molar-refractivity contribution in [1.82, 2.24) is 0 Å². The fourth-order valence-corrected chi connectivity index (χ4v) is 3.82. The molecule has 1 aliphatic heterocycles. The number of carbonyl (C=O) groups is 1. The first-order chi connectivity index (χ1) is 11.5. The van der Waals surface area contributed by atoms with Crippen LogP contribution >= 0.6 is 35.6 Å². The van der Waals surface area contributed by atoms with Crippen LogP contribution in [0.3, 0.4) is 0 Å². The van der Waals surface area contributed by atoms with Gasteiger partial charge < -0.3 is 0 Å². The molecule has 3 rings (SSSR count). The van der Waals surface area contributed by atoms with Crippen molar-refractivity contribution in [2.75, 3.05) is 4.90 Å². The maximum atomic E-state index is 12.7. The molecule has 1 fully saturated rings. The molecule has 0 radical (unpaired) electrons. The number of allylic oxidation sites excluding steroid dienone is 2. The van der Waals surface area contributed by atoms with Crippen LogP contribution < -0.4 is 4.90 Å². The third kappa shape index (κ3) is 3.78. The van der Waals surface area contributed by atoms with E-state index in [1.165, 1.54) is 16.7 Å². The van der Waals surface area contributed by atoms with Crippen molar-refractivity contribution in [3.63, 3.8) is 0 Å². The van der Waals surface area contributed by atoms with Gasteiger partial charge in [-0.15, -0.1) is 0 Å². The van der Waals surface area contributed by atoms with Gasteiger partial charge in [0.1, 0.15) is 0 Å². The molecule has 0 aliphatic carbocycles. The third-order valence-electron chi connectivity index (χ3n) is 3.43. The van der Waals surface area contributed by atoms with Crippen molar-refractivity contribution < 1.29 is 4.79 Å². The van der Waals surface area contributed by atoms with Crippen molar-refractivity contribution in [3.05, 3.63) is 81.7 Å². The Bertz CT molecular complexity index is 841. The summed E-state index contributed by atoms with van der Waals surface area (Å²) >= 11 is 12.6. The summed E-state index contributed by atoms with van der Waals surface area (Å²) in [5, 5.41) is 0.626. The van der Waals surface area contributed by atoms with Gasteiger partial charge in [-0.25, -0.2) is 0 Å². The van der Waals surface area contributed by atoms with Gasteiger partial charge in [0.25, 0.3) is 5.91 Å². The zero-order chi connectivity index (χ0) is 17.1. The zero-order valence-corrected chi connectivity index (χ0v) is 15.3. The van der Waals surface area contributed by atoms with Crippen molar-refractivity contribution >= 4 is 57.6 Å². The highest BCUT2D eigenvalue weighted by Crippen LogP contribution is 2.35. The lowest BCUT2D eigenvalue weighted by atomic mass is 10.1. The second-order valence-corrected chi connectivity index (χ2v) is 7.40. The second-order valence-electron chi connectivity index (χ2n) is 5.29. The Kier molecular flexibility index (Phi) is 5.19. The van der Waals surface area contributed by atoms with Gasteiger partial charge in [0.15, 0.2) is 4.32 Å². The van der Waals surface area contributed by atoms with E-state index in [0.717, 1.165) is 16.8 Å². The van der Waals surface area contributed by atoms with Crippen LogP contribution in [0.2, 0.25) is 5.02 Å². The van der Waals surface area contributed by atoms with E-state index in [2.05, 4.69) is 0 Å². The number of thiocarbonyl (C=S) groups is 1. The van der Waals surface area contributed by atoms with Crippen molar-refractivity contribution in [3.8, 4) is 0 Å². The summed E-state index contributed by atoms with van der Waals surface area (Å²) in [6.07, 6.45) is 3.91. The quantitative estimate of drug-likeness (QED) is 0.510. The van der Waals surface area contributed by atoms with E-state index in [9.17, 15) is 4.79 Å². The van der Waals surface area contributed by atoms with E-state index in [4.69, 9.17) is 23.8 Å². The number of hydrogen-bond donors (Lipinski definition) is 0. The standard InChI is InChI=1S/C19H14ClNOS2/c1-13(11-14-5-3-2-4-6-14)12-17-18(22)21(19(23)24-17)16-9-7-15(20)8-10-16/h2-12H,1H3/b13-11-,17-12+. The molecule has 120 valence electrons. The molecule has 24 heavy (non-hydrogen) atoms. The van der Waals surface area contributed by atoms with E-state index >= 15 is 0 Å². The largest absolute Gasteiger partial charge is 0.270 e. The average molecular weight is 372 g/mol. The molecule has 0 saturated carbocycles. The topological polar surface area (TPSA) is 20.3 Å². The van der Waals surface area contributed by atoms with Gasteiger partial charge in [0.05, 0.1) is 10.6 Å². The highest BCUT2D eigenvalue weighted by molar-refractivity contribution is 8.27. The summed E-state index contributed by atoms with van der Waals surface area (Å²) in [6, 6.07) is 17.1. The molecule has 5 heteroatoms. The number of nitrogens with zero attached hydrogens (tertiary/aromatic N) is 1. The third-order valence-corrected chi connectivity index (χ3v) is 4.99. The number of anilines is 1. The summed E-state index contributed by atoms with van der Waals surface area (Å²) in [5.41, 5.74) is 2.83. The van der Waals surface area contributed by atoms with Crippen LogP contribution in [0.1, 0.15) is 12.5 Å². The maximum absolute atomic E-state index is 12.7. The van der Waals surface area contributed by atoms with Gasteiger partial charge in [-0.3, -0.25) is 9.69 Å². The van der Waals surface area contributed by atoms with Crippen LogP contribution in [0.5, 0.6) is 0 Å². The number of thioether (sulfide) groups is 1. The molecule has 0 unspecified atom stereocenters. The Labute approximate surface area is 155 Å². The van der Waals surface area contributed by atoms with Crippen LogP contribution in [-0.4, -0.2) is 10.2 Å². The number of rotatable bonds is 3. The predicted octanol–water partition coefficient (Wildman–Crippen LogP) is 5.69. The molecule has 0 spiro atoms. The molecule has 1 heterocycles. The Hall–Kier alpha value is -1.88. The number of amides is 1. The van der Waals surface area contributed by atoms with E-state index in [1.54, 1.807) is 24.3 Å². The van der Waals surface area contributed by atoms with Crippen LogP contribution in [0, 0.1) is 0 Å².